The molecule has 0 bridgehead atoms. The first-order chi connectivity index (χ1) is 6.85. The first-order valence-corrected chi connectivity index (χ1v) is 5.15. The van der Waals surface area contributed by atoms with Crippen LogP contribution in [0.15, 0.2) is 0 Å². The van der Waals surface area contributed by atoms with Crippen molar-refractivity contribution in [2.75, 3.05) is 13.1 Å². The van der Waals surface area contributed by atoms with Gasteiger partial charge in [-0.15, -0.1) is 0 Å². The molecule has 0 unspecified atom stereocenters. The van der Waals surface area contributed by atoms with Crippen molar-refractivity contribution in [1.82, 2.24) is 4.90 Å². The summed E-state index contributed by atoms with van der Waals surface area (Å²) in [5.74, 6) is -0.970. The van der Waals surface area contributed by atoms with E-state index < -0.39 is 11.5 Å². The molecule has 0 saturated heterocycles. The zero-order valence-corrected chi connectivity index (χ0v) is 9.19. The second-order valence-electron chi connectivity index (χ2n) is 4.63. The van der Waals surface area contributed by atoms with Crippen LogP contribution in [0.4, 0.5) is 0 Å². The molecule has 5 nitrogen and oxygen atoms in total. The van der Waals surface area contributed by atoms with Crippen LogP contribution in [-0.2, 0) is 9.59 Å². The van der Waals surface area contributed by atoms with E-state index in [4.69, 9.17) is 10.8 Å². The lowest BCUT2D eigenvalue weighted by atomic mass is 10.1. The molecule has 0 spiro atoms. The molecule has 1 saturated carbocycles. The quantitative estimate of drug-likeness (QED) is 0.677. The summed E-state index contributed by atoms with van der Waals surface area (Å²) in [5.41, 5.74) is 4.98. The van der Waals surface area contributed by atoms with E-state index in [2.05, 4.69) is 0 Å². The second-order valence-corrected chi connectivity index (χ2v) is 4.63. The zero-order chi connectivity index (χ0) is 11.6. The average molecular weight is 214 g/mol. The van der Waals surface area contributed by atoms with E-state index in [1.165, 1.54) is 4.90 Å². The smallest absolute Gasteiger partial charge is 0.323 e. The van der Waals surface area contributed by atoms with Gasteiger partial charge >= 0.3 is 5.97 Å². The normalized spacial score (nSPS) is 17.6. The molecule has 0 atom stereocenters. The van der Waals surface area contributed by atoms with Crippen molar-refractivity contribution in [3.63, 3.8) is 0 Å². The summed E-state index contributed by atoms with van der Waals surface area (Å²) in [6.07, 6.45) is 1.33. The lowest BCUT2D eigenvalue weighted by molar-refractivity contribution is -0.145. The van der Waals surface area contributed by atoms with Crippen LogP contribution in [0.3, 0.4) is 0 Å². The molecular weight excluding hydrogens is 196 g/mol. The third kappa shape index (κ3) is 3.20. The highest BCUT2D eigenvalue weighted by Crippen LogP contribution is 2.34. The van der Waals surface area contributed by atoms with Gasteiger partial charge in [0.1, 0.15) is 6.54 Å². The molecule has 0 aromatic heterocycles. The van der Waals surface area contributed by atoms with Crippen molar-refractivity contribution in [3.05, 3.63) is 0 Å². The molecule has 0 radical (unpaired) electrons. The Kier molecular flexibility index (Phi) is 3.34. The fourth-order valence-electron chi connectivity index (χ4n) is 1.49. The van der Waals surface area contributed by atoms with Crippen LogP contribution in [0.1, 0.15) is 26.7 Å². The third-order valence-electron chi connectivity index (χ3n) is 2.41. The van der Waals surface area contributed by atoms with E-state index in [-0.39, 0.29) is 18.4 Å². The molecule has 0 heterocycles. The Morgan fingerprint density at radius 2 is 2.00 bits per heavy atom. The van der Waals surface area contributed by atoms with Crippen LogP contribution in [0.2, 0.25) is 0 Å². The van der Waals surface area contributed by atoms with E-state index in [1.54, 1.807) is 0 Å². The maximum Gasteiger partial charge on any atom is 0.323 e. The van der Waals surface area contributed by atoms with Crippen LogP contribution in [0.5, 0.6) is 0 Å². The molecule has 15 heavy (non-hydrogen) atoms. The number of carboxylic acid groups (broad SMARTS) is 1. The van der Waals surface area contributed by atoms with Gasteiger partial charge in [-0.1, -0.05) is 13.8 Å². The Bertz CT molecular complexity index is 272. The van der Waals surface area contributed by atoms with Crippen LogP contribution >= 0.6 is 0 Å². The van der Waals surface area contributed by atoms with Gasteiger partial charge in [-0.3, -0.25) is 9.59 Å². The van der Waals surface area contributed by atoms with Crippen LogP contribution in [-0.4, -0.2) is 40.5 Å². The van der Waals surface area contributed by atoms with Gasteiger partial charge in [-0.25, -0.2) is 0 Å². The first kappa shape index (κ1) is 12.0. The summed E-state index contributed by atoms with van der Waals surface area (Å²) >= 11 is 0. The van der Waals surface area contributed by atoms with E-state index in [0.29, 0.717) is 19.4 Å². The van der Waals surface area contributed by atoms with Crippen LogP contribution in [0.25, 0.3) is 0 Å². The van der Waals surface area contributed by atoms with Crippen molar-refractivity contribution in [3.8, 4) is 0 Å². The van der Waals surface area contributed by atoms with Gasteiger partial charge in [0, 0.05) is 6.54 Å². The first-order valence-electron chi connectivity index (χ1n) is 5.15. The number of rotatable bonds is 5. The van der Waals surface area contributed by atoms with E-state index >= 15 is 0 Å². The molecule has 1 fully saturated rings. The zero-order valence-electron chi connectivity index (χ0n) is 9.19. The third-order valence-corrected chi connectivity index (χ3v) is 2.41. The molecule has 0 aromatic rings. The van der Waals surface area contributed by atoms with Crippen molar-refractivity contribution < 1.29 is 14.7 Å². The minimum absolute atomic E-state index is 0.224. The van der Waals surface area contributed by atoms with Gasteiger partial charge in [-0.05, 0) is 18.8 Å². The van der Waals surface area contributed by atoms with Gasteiger partial charge in [0.25, 0.3) is 0 Å². The predicted octanol–water partition coefficient (Wildman–Crippen LogP) is 0.0469. The number of aliphatic carboxylic acids is 1. The number of hydrogen-bond acceptors (Lipinski definition) is 3. The maximum absolute atomic E-state index is 11.8. The summed E-state index contributed by atoms with van der Waals surface area (Å²) in [6, 6.07) is 0. The Hall–Kier alpha value is -1.10. The molecule has 1 rings (SSSR count). The van der Waals surface area contributed by atoms with Gasteiger partial charge in [0.15, 0.2) is 0 Å². The Morgan fingerprint density at radius 3 is 2.33 bits per heavy atom. The van der Waals surface area contributed by atoms with Crippen molar-refractivity contribution in [2.24, 2.45) is 11.7 Å². The minimum atomic E-state index is -0.992. The average Bonchev–Trinajstić information content (AvgIpc) is 2.81. The highest BCUT2D eigenvalue weighted by molar-refractivity contribution is 5.91. The number of nitrogens with two attached hydrogens (primary N) is 1. The second kappa shape index (κ2) is 4.18. The number of carbonyl (C=O) groups excluding carboxylic acids is 1. The van der Waals surface area contributed by atoms with Crippen LogP contribution in [0, 0.1) is 5.92 Å². The molecule has 86 valence electrons. The van der Waals surface area contributed by atoms with Gasteiger partial charge in [0.2, 0.25) is 5.91 Å². The topological polar surface area (TPSA) is 83.6 Å². The van der Waals surface area contributed by atoms with Gasteiger partial charge in [0.05, 0.1) is 5.54 Å². The Morgan fingerprint density at radius 1 is 1.47 bits per heavy atom. The molecular formula is C10H18N2O3. The predicted molar refractivity (Wildman–Crippen MR) is 55.2 cm³/mol. The summed E-state index contributed by atoms with van der Waals surface area (Å²) in [5, 5.41) is 8.70. The lowest BCUT2D eigenvalue weighted by Crippen LogP contribution is -2.48. The summed E-state index contributed by atoms with van der Waals surface area (Å²) in [4.78, 5) is 23.8. The Balaban J connectivity index is 2.62. The highest BCUT2D eigenvalue weighted by atomic mass is 16.4. The fourth-order valence-corrected chi connectivity index (χ4v) is 1.49. The summed E-state index contributed by atoms with van der Waals surface area (Å²) in [6.45, 7) is 4.08. The standard InChI is InChI=1S/C10H18N2O3/c1-7(2)5-12(6-8(13)14)9(15)10(11)3-4-10/h7H,3-6,11H2,1-2H3,(H,13,14). The molecule has 1 aliphatic carbocycles. The number of hydrogen-bond donors (Lipinski definition) is 2. The number of amides is 1. The molecule has 0 aliphatic heterocycles. The van der Waals surface area contributed by atoms with Crippen LogP contribution < -0.4 is 5.73 Å². The SMILES string of the molecule is CC(C)CN(CC(=O)O)C(=O)C1(N)CC1. The molecule has 1 aliphatic rings. The van der Waals surface area contributed by atoms with E-state index in [9.17, 15) is 9.59 Å². The number of carbonyl (C=O) groups is 2. The van der Waals surface area contributed by atoms with Gasteiger partial charge in [-0.2, -0.15) is 0 Å². The number of carboxylic acids is 1. The van der Waals surface area contributed by atoms with E-state index in [0.717, 1.165) is 0 Å². The molecule has 5 heteroatoms. The fraction of sp³-hybridized carbons (Fsp3) is 0.800. The van der Waals surface area contributed by atoms with Gasteiger partial charge < -0.3 is 15.7 Å². The van der Waals surface area contributed by atoms with Crippen molar-refractivity contribution in [2.45, 2.75) is 32.2 Å². The highest BCUT2D eigenvalue weighted by Gasteiger charge is 2.48. The molecule has 1 amide bonds. The van der Waals surface area contributed by atoms with E-state index in [1.807, 2.05) is 13.8 Å². The van der Waals surface area contributed by atoms with Crippen molar-refractivity contribution in [1.29, 1.82) is 0 Å². The molecule has 3 N–H and O–H groups in total. The number of nitrogens with zero attached hydrogens (tertiary/aromatic N) is 1. The summed E-state index contributed by atoms with van der Waals surface area (Å²) < 4.78 is 0. The maximum atomic E-state index is 11.8. The minimum Gasteiger partial charge on any atom is -0.480 e. The largest absolute Gasteiger partial charge is 0.480 e. The monoisotopic (exact) mass is 214 g/mol. The lowest BCUT2D eigenvalue weighted by Gasteiger charge is -2.25. The Labute approximate surface area is 89.2 Å². The summed E-state index contributed by atoms with van der Waals surface area (Å²) in [7, 11) is 0. The molecule has 0 aromatic carbocycles. The van der Waals surface area contributed by atoms with Crippen molar-refractivity contribution >= 4 is 11.9 Å².